The summed E-state index contributed by atoms with van der Waals surface area (Å²) in [5.41, 5.74) is 3.86. The second-order valence-electron chi connectivity index (χ2n) is 5.93. The molecule has 0 aliphatic rings. The van der Waals surface area contributed by atoms with E-state index in [-0.39, 0.29) is 5.56 Å². The summed E-state index contributed by atoms with van der Waals surface area (Å²) in [5.74, 6) is 1.50. The Morgan fingerprint density at radius 3 is 2.76 bits per heavy atom. The van der Waals surface area contributed by atoms with Gasteiger partial charge in [-0.1, -0.05) is 19.1 Å². The molecule has 0 radical (unpaired) electrons. The van der Waals surface area contributed by atoms with Crippen molar-refractivity contribution in [2.45, 2.75) is 20.3 Å². The fraction of sp³-hybridized carbons (Fsp3) is 0.158. The summed E-state index contributed by atoms with van der Waals surface area (Å²) in [6, 6.07) is 11.5. The Bertz CT molecular complexity index is 1130. The summed E-state index contributed by atoms with van der Waals surface area (Å²) in [7, 11) is 0. The first-order valence-corrected chi connectivity index (χ1v) is 8.17. The van der Waals surface area contributed by atoms with Crippen LogP contribution in [-0.2, 0) is 6.42 Å². The third kappa shape index (κ3) is 2.71. The van der Waals surface area contributed by atoms with Crippen LogP contribution in [0.1, 0.15) is 18.3 Å². The highest BCUT2D eigenvalue weighted by molar-refractivity contribution is 5.88. The molecule has 25 heavy (non-hydrogen) atoms. The van der Waals surface area contributed by atoms with Crippen LogP contribution in [0.3, 0.4) is 0 Å². The molecule has 1 aromatic carbocycles. The largest absolute Gasteiger partial charge is 0.329 e. The van der Waals surface area contributed by atoms with Gasteiger partial charge in [-0.15, -0.1) is 0 Å². The van der Waals surface area contributed by atoms with E-state index >= 15 is 0 Å². The Labute approximate surface area is 144 Å². The van der Waals surface area contributed by atoms with Crippen LogP contribution in [0.2, 0.25) is 0 Å². The zero-order valence-corrected chi connectivity index (χ0v) is 14.0. The lowest BCUT2D eigenvalue weighted by Crippen LogP contribution is -2.08. The van der Waals surface area contributed by atoms with Crippen molar-refractivity contribution in [1.29, 1.82) is 0 Å². The van der Waals surface area contributed by atoms with Gasteiger partial charge in [0.15, 0.2) is 5.82 Å². The zero-order valence-electron chi connectivity index (χ0n) is 14.0. The first kappa shape index (κ1) is 15.3. The third-order valence-corrected chi connectivity index (χ3v) is 4.24. The number of fused-ring (bicyclic) bond motifs is 1. The van der Waals surface area contributed by atoms with E-state index in [1.807, 2.05) is 38.1 Å². The molecule has 124 valence electrons. The molecule has 0 fully saturated rings. The van der Waals surface area contributed by atoms with Crippen LogP contribution in [0.4, 0.5) is 0 Å². The van der Waals surface area contributed by atoms with Gasteiger partial charge in [-0.2, -0.15) is 5.10 Å². The lowest BCUT2D eigenvalue weighted by molar-refractivity contribution is 0.946. The van der Waals surface area contributed by atoms with Crippen molar-refractivity contribution in [3.63, 3.8) is 0 Å². The predicted molar refractivity (Wildman–Crippen MR) is 97.3 cm³/mol. The Morgan fingerprint density at radius 1 is 1.12 bits per heavy atom. The molecule has 6 heteroatoms. The van der Waals surface area contributed by atoms with Crippen molar-refractivity contribution in [3.8, 4) is 22.6 Å². The van der Waals surface area contributed by atoms with E-state index in [0.717, 1.165) is 34.3 Å². The summed E-state index contributed by atoms with van der Waals surface area (Å²) in [6.07, 6.45) is 2.42. The fourth-order valence-corrected chi connectivity index (χ4v) is 2.89. The molecular weight excluding hydrogens is 314 g/mol. The van der Waals surface area contributed by atoms with E-state index in [1.54, 1.807) is 18.3 Å². The topological polar surface area (TPSA) is 87.3 Å². The van der Waals surface area contributed by atoms with Crippen LogP contribution in [0.15, 0.2) is 47.4 Å². The van der Waals surface area contributed by atoms with Gasteiger partial charge >= 0.3 is 0 Å². The smallest absolute Gasteiger partial charge is 0.257 e. The molecule has 3 heterocycles. The number of rotatable bonds is 3. The normalized spacial score (nSPS) is 11.1. The van der Waals surface area contributed by atoms with Crippen molar-refractivity contribution in [3.05, 3.63) is 64.3 Å². The van der Waals surface area contributed by atoms with Gasteiger partial charge in [0, 0.05) is 23.6 Å². The molecule has 0 spiro atoms. The van der Waals surface area contributed by atoms with Crippen molar-refractivity contribution < 1.29 is 0 Å². The molecular formula is C19H17N5O. The number of H-pyrrole nitrogens is 2. The van der Waals surface area contributed by atoms with Crippen molar-refractivity contribution in [2.24, 2.45) is 0 Å². The fourth-order valence-electron chi connectivity index (χ4n) is 2.89. The van der Waals surface area contributed by atoms with Crippen molar-refractivity contribution in [2.75, 3.05) is 0 Å². The molecule has 0 aliphatic carbocycles. The first-order valence-electron chi connectivity index (χ1n) is 8.17. The summed E-state index contributed by atoms with van der Waals surface area (Å²) in [5, 5.41) is 8.24. The summed E-state index contributed by atoms with van der Waals surface area (Å²) >= 11 is 0. The molecule has 2 N–H and O–H groups in total. The zero-order chi connectivity index (χ0) is 17.4. The predicted octanol–water partition coefficient (Wildman–Crippen LogP) is 3.25. The van der Waals surface area contributed by atoms with E-state index in [9.17, 15) is 4.79 Å². The molecule has 6 nitrogen and oxygen atoms in total. The summed E-state index contributed by atoms with van der Waals surface area (Å²) in [4.78, 5) is 23.9. The highest BCUT2D eigenvalue weighted by atomic mass is 16.1. The van der Waals surface area contributed by atoms with Crippen molar-refractivity contribution in [1.82, 2.24) is 25.1 Å². The van der Waals surface area contributed by atoms with Gasteiger partial charge in [0.2, 0.25) is 0 Å². The molecule has 0 unspecified atom stereocenters. The van der Waals surface area contributed by atoms with E-state index in [1.165, 1.54) is 0 Å². The maximum atomic E-state index is 12.1. The minimum Gasteiger partial charge on any atom is -0.329 e. The average Bonchev–Trinajstić information content (AvgIpc) is 3.11. The maximum absolute atomic E-state index is 12.1. The number of hydrogen-bond acceptors (Lipinski definition) is 4. The molecule has 0 saturated carbocycles. The number of nitrogens with zero attached hydrogens (tertiary/aromatic N) is 3. The number of pyridine rings is 2. The van der Waals surface area contributed by atoms with Gasteiger partial charge in [0.05, 0.1) is 16.8 Å². The molecule has 4 aromatic rings. The average molecular weight is 331 g/mol. The van der Waals surface area contributed by atoms with Gasteiger partial charge in [-0.25, -0.2) is 9.97 Å². The van der Waals surface area contributed by atoms with Gasteiger partial charge in [-0.3, -0.25) is 9.89 Å². The molecule has 0 saturated heterocycles. The van der Waals surface area contributed by atoms with Crippen LogP contribution < -0.4 is 5.56 Å². The van der Waals surface area contributed by atoms with Gasteiger partial charge < -0.3 is 4.98 Å². The first-order chi connectivity index (χ1) is 12.2. The van der Waals surface area contributed by atoms with E-state index in [2.05, 4.69) is 20.2 Å². The second kappa shape index (κ2) is 5.98. The van der Waals surface area contributed by atoms with E-state index in [0.29, 0.717) is 17.1 Å². The SMILES string of the molecule is CCc1nc(-c2ccc3c(C)cc(-c4ccc[nH]c4=O)nc3c2)n[nH]1. The van der Waals surface area contributed by atoms with Crippen LogP contribution in [0, 0.1) is 6.92 Å². The van der Waals surface area contributed by atoms with Crippen molar-refractivity contribution >= 4 is 10.9 Å². The Morgan fingerprint density at radius 2 is 2.00 bits per heavy atom. The summed E-state index contributed by atoms with van der Waals surface area (Å²) < 4.78 is 0. The molecule has 0 aliphatic heterocycles. The molecule has 4 rings (SSSR count). The monoisotopic (exact) mass is 331 g/mol. The van der Waals surface area contributed by atoms with Crippen LogP contribution in [0.5, 0.6) is 0 Å². The number of hydrogen-bond donors (Lipinski definition) is 2. The standard InChI is InChI=1S/C19H17N5O/c1-3-17-22-18(24-23-17)12-6-7-13-11(2)9-15(21-16(13)10-12)14-5-4-8-20-19(14)25/h4-10H,3H2,1-2H3,(H,20,25)(H,22,23,24). The lowest BCUT2D eigenvalue weighted by atomic mass is 10.0. The van der Waals surface area contributed by atoms with Crippen LogP contribution >= 0.6 is 0 Å². The highest BCUT2D eigenvalue weighted by Crippen LogP contribution is 2.26. The van der Waals surface area contributed by atoms with Crippen LogP contribution in [-0.4, -0.2) is 25.1 Å². The quantitative estimate of drug-likeness (QED) is 0.603. The molecule has 3 aromatic heterocycles. The summed E-state index contributed by atoms with van der Waals surface area (Å²) in [6.45, 7) is 4.05. The van der Waals surface area contributed by atoms with E-state index in [4.69, 9.17) is 4.98 Å². The second-order valence-corrected chi connectivity index (χ2v) is 5.93. The number of benzene rings is 1. The number of aromatic nitrogens is 5. The maximum Gasteiger partial charge on any atom is 0.257 e. The lowest BCUT2D eigenvalue weighted by Gasteiger charge is -2.07. The molecule has 0 atom stereocenters. The third-order valence-electron chi connectivity index (χ3n) is 4.24. The van der Waals surface area contributed by atoms with Gasteiger partial charge in [-0.05, 0) is 36.8 Å². The number of nitrogens with one attached hydrogen (secondary N) is 2. The Balaban J connectivity index is 1.89. The van der Waals surface area contributed by atoms with Crippen LogP contribution in [0.25, 0.3) is 33.5 Å². The number of aromatic amines is 2. The molecule has 0 amide bonds. The van der Waals surface area contributed by atoms with E-state index < -0.39 is 0 Å². The van der Waals surface area contributed by atoms with Gasteiger partial charge in [0.25, 0.3) is 5.56 Å². The Kier molecular flexibility index (Phi) is 3.65. The minimum absolute atomic E-state index is 0.147. The Hall–Kier alpha value is -3.28. The minimum atomic E-state index is -0.147. The molecule has 0 bridgehead atoms. The van der Waals surface area contributed by atoms with Gasteiger partial charge in [0.1, 0.15) is 5.82 Å². The number of aryl methyl sites for hydroxylation is 2. The highest BCUT2D eigenvalue weighted by Gasteiger charge is 2.11.